The number of carbonyl (C=O) groups is 2. The number of likely N-dealkylation sites (tertiary alicyclic amines) is 1. The second kappa shape index (κ2) is 5.90. The topological polar surface area (TPSA) is 83.6 Å². The maximum Gasteiger partial charge on any atom is 0.303 e. The van der Waals surface area contributed by atoms with Gasteiger partial charge >= 0.3 is 5.97 Å². The summed E-state index contributed by atoms with van der Waals surface area (Å²) in [7, 11) is 0. The van der Waals surface area contributed by atoms with Crippen molar-refractivity contribution in [2.75, 3.05) is 19.6 Å². The molecule has 0 aromatic rings. The van der Waals surface area contributed by atoms with Gasteiger partial charge in [-0.25, -0.2) is 0 Å². The van der Waals surface area contributed by atoms with Crippen molar-refractivity contribution in [1.29, 1.82) is 0 Å². The van der Waals surface area contributed by atoms with E-state index in [0.29, 0.717) is 13.1 Å². The second-order valence-corrected chi connectivity index (χ2v) is 6.05. The van der Waals surface area contributed by atoms with Crippen molar-refractivity contribution in [2.24, 2.45) is 17.1 Å². The molecule has 3 N–H and O–H groups in total. The molecular formula is C14H24N2O3. The van der Waals surface area contributed by atoms with E-state index in [-0.39, 0.29) is 23.7 Å². The molecular weight excluding hydrogens is 244 g/mol. The Kier molecular flexibility index (Phi) is 4.45. The Morgan fingerprint density at radius 3 is 2.53 bits per heavy atom. The fourth-order valence-electron chi connectivity index (χ4n) is 3.56. The Morgan fingerprint density at radius 2 is 1.95 bits per heavy atom. The summed E-state index contributed by atoms with van der Waals surface area (Å²) in [5.74, 6) is -0.497. The summed E-state index contributed by atoms with van der Waals surface area (Å²) in [6.07, 6.45) is 5.92. The van der Waals surface area contributed by atoms with Crippen LogP contribution in [0.3, 0.4) is 0 Å². The molecule has 1 saturated heterocycles. The number of rotatable bonds is 4. The Morgan fingerprint density at radius 1 is 1.26 bits per heavy atom. The van der Waals surface area contributed by atoms with E-state index >= 15 is 0 Å². The van der Waals surface area contributed by atoms with Crippen molar-refractivity contribution in [2.45, 2.75) is 44.9 Å². The molecule has 1 amide bonds. The number of piperidine rings is 1. The van der Waals surface area contributed by atoms with E-state index in [1.165, 1.54) is 0 Å². The first-order valence-electron chi connectivity index (χ1n) is 7.29. The third kappa shape index (κ3) is 3.08. The summed E-state index contributed by atoms with van der Waals surface area (Å²) in [5.41, 5.74) is 5.49. The van der Waals surface area contributed by atoms with Crippen LogP contribution in [0.15, 0.2) is 0 Å². The predicted octanol–water partition coefficient (Wildman–Crippen LogP) is 1.22. The number of amides is 1. The Bertz CT molecular complexity index is 351. The lowest BCUT2D eigenvalue weighted by Gasteiger charge is -2.38. The summed E-state index contributed by atoms with van der Waals surface area (Å²) >= 11 is 0. The van der Waals surface area contributed by atoms with Gasteiger partial charge in [0.15, 0.2) is 0 Å². The van der Waals surface area contributed by atoms with Gasteiger partial charge in [-0.1, -0.05) is 12.8 Å². The zero-order valence-corrected chi connectivity index (χ0v) is 11.4. The zero-order valence-electron chi connectivity index (χ0n) is 11.4. The monoisotopic (exact) mass is 268 g/mol. The van der Waals surface area contributed by atoms with Crippen molar-refractivity contribution >= 4 is 11.9 Å². The molecule has 19 heavy (non-hydrogen) atoms. The standard InChI is InChI=1S/C14H24N2O3/c15-10-14(5-1-2-6-14)13(19)16-7-3-4-11(9-16)8-12(17)18/h11H,1-10,15H2,(H,17,18). The van der Waals surface area contributed by atoms with Gasteiger partial charge in [-0.05, 0) is 31.6 Å². The third-order valence-corrected chi connectivity index (χ3v) is 4.67. The number of carboxylic acids is 1. The molecule has 0 spiro atoms. The number of carbonyl (C=O) groups excluding carboxylic acids is 1. The molecule has 1 aliphatic heterocycles. The van der Waals surface area contributed by atoms with Gasteiger partial charge in [0, 0.05) is 26.1 Å². The van der Waals surface area contributed by atoms with E-state index in [0.717, 1.165) is 45.1 Å². The highest BCUT2D eigenvalue weighted by atomic mass is 16.4. The first-order chi connectivity index (χ1) is 9.07. The highest BCUT2D eigenvalue weighted by Crippen LogP contribution is 2.39. The number of carboxylic acid groups (broad SMARTS) is 1. The van der Waals surface area contributed by atoms with Crippen LogP contribution in [0.25, 0.3) is 0 Å². The molecule has 0 bridgehead atoms. The highest BCUT2D eigenvalue weighted by Gasteiger charge is 2.43. The van der Waals surface area contributed by atoms with Gasteiger partial charge in [0.2, 0.25) is 5.91 Å². The molecule has 0 aromatic heterocycles. The van der Waals surface area contributed by atoms with E-state index < -0.39 is 5.97 Å². The van der Waals surface area contributed by atoms with Crippen LogP contribution in [0.5, 0.6) is 0 Å². The average Bonchev–Trinajstić information content (AvgIpc) is 2.87. The molecule has 108 valence electrons. The van der Waals surface area contributed by atoms with E-state index in [2.05, 4.69) is 0 Å². The van der Waals surface area contributed by atoms with Crippen LogP contribution in [0.2, 0.25) is 0 Å². The second-order valence-electron chi connectivity index (χ2n) is 6.05. The summed E-state index contributed by atoms with van der Waals surface area (Å²) in [5, 5.41) is 8.88. The SMILES string of the molecule is NCC1(C(=O)N2CCCC(CC(=O)O)C2)CCCC1. The smallest absolute Gasteiger partial charge is 0.303 e. The Labute approximate surface area is 114 Å². The van der Waals surface area contributed by atoms with Crippen LogP contribution in [-0.4, -0.2) is 41.5 Å². The minimum atomic E-state index is -0.770. The van der Waals surface area contributed by atoms with Gasteiger partial charge in [0.05, 0.1) is 5.41 Å². The van der Waals surface area contributed by atoms with Gasteiger partial charge in [-0.2, -0.15) is 0 Å². The number of hydrogen-bond acceptors (Lipinski definition) is 3. The van der Waals surface area contributed by atoms with E-state index in [1.807, 2.05) is 4.90 Å². The van der Waals surface area contributed by atoms with Crippen molar-refractivity contribution < 1.29 is 14.7 Å². The third-order valence-electron chi connectivity index (χ3n) is 4.67. The van der Waals surface area contributed by atoms with Crippen LogP contribution in [0.1, 0.15) is 44.9 Å². The van der Waals surface area contributed by atoms with Crippen LogP contribution >= 0.6 is 0 Å². The van der Waals surface area contributed by atoms with E-state index in [1.54, 1.807) is 0 Å². The summed E-state index contributed by atoms with van der Waals surface area (Å²) < 4.78 is 0. The van der Waals surface area contributed by atoms with Crippen LogP contribution in [0.4, 0.5) is 0 Å². The van der Waals surface area contributed by atoms with Crippen molar-refractivity contribution in [1.82, 2.24) is 4.90 Å². The zero-order chi connectivity index (χ0) is 13.9. The molecule has 0 radical (unpaired) electrons. The largest absolute Gasteiger partial charge is 0.481 e. The van der Waals surface area contributed by atoms with E-state index in [9.17, 15) is 9.59 Å². The van der Waals surface area contributed by atoms with Gasteiger partial charge in [-0.3, -0.25) is 9.59 Å². The first kappa shape index (κ1) is 14.3. The molecule has 1 unspecified atom stereocenters. The lowest BCUT2D eigenvalue weighted by atomic mass is 9.83. The quantitative estimate of drug-likeness (QED) is 0.803. The number of hydrogen-bond donors (Lipinski definition) is 2. The Hall–Kier alpha value is -1.10. The lowest BCUT2D eigenvalue weighted by Crippen LogP contribution is -2.50. The number of nitrogens with two attached hydrogens (primary N) is 1. The van der Waals surface area contributed by atoms with Crippen LogP contribution in [-0.2, 0) is 9.59 Å². The summed E-state index contributed by atoms with van der Waals surface area (Å²) in [6.45, 7) is 1.77. The van der Waals surface area contributed by atoms with Crippen LogP contribution < -0.4 is 5.73 Å². The normalized spacial score (nSPS) is 26.4. The molecule has 1 saturated carbocycles. The van der Waals surface area contributed by atoms with Crippen molar-refractivity contribution in [3.8, 4) is 0 Å². The lowest BCUT2D eigenvalue weighted by molar-refractivity contribution is -0.145. The van der Waals surface area contributed by atoms with Gasteiger partial charge in [0.25, 0.3) is 0 Å². The maximum atomic E-state index is 12.7. The average molecular weight is 268 g/mol. The van der Waals surface area contributed by atoms with Gasteiger partial charge in [-0.15, -0.1) is 0 Å². The molecule has 1 aliphatic carbocycles. The molecule has 2 rings (SSSR count). The number of aliphatic carboxylic acids is 1. The van der Waals surface area contributed by atoms with Crippen molar-refractivity contribution in [3.05, 3.63) is 0 Å². The Balaban J connectivity index is 2.00. The molecule has 1 atom stereocenters. The van der Waals surface area contributed by atoms with E-state index in [4.69, 9.17) is 10.8 Å². The minimum Gasteiger partial charge on any atom is -0.481 e. The van der Waals surface area contributed by atoms with Crippen molar-refractivity contribution in [3.63, 3.8) is 0 Å². The summed E-state index contributed by atoms with van der Waals surface area (Å²) in [6, 6.07) is 0. The predicted molar refractivity (Wildman–Crippen MR) is 71.5 cm³/mol. The highest BCUT2D eigenvalue weighted by molar-refractivity contribution is 5.83. The first-order valence-corrected chi connectivity index (χ1v) is 7.29. The molecule has 0 aromatic carbocycles. The molecule has 5 nitrogen and oxygen atoms in total. The summed E-state index contributed by atoms with van der Waals surface area (Å²) in [4.78, 5) is 25.3. The maximum absolute atomic E-state index is 12.7. The molecule has 2 fully saturated rings. The number of nitrogens with zero attached hydrogens (tertiary/aromatic N) is 1. The molecule has 1 heterocycles. The minimum absolute atomic E-state index is 0.103. The fourth-order valence-corrected chi connectivity index (χ4v) is 3.56. The van der Waals surface area contributed by atoms with Crippen LogP contribution in [0, 0.1) is 11.3 Å². The molecule has 5 heteroatoms. The fraction of sp³-hybridized carbons (Fsp3) is 0.857. The van der Waals surface area contributed by atoms with Gasteiger partial charge < -0.3 is 15.7 Å². The van der Waals surface area contributed by atoms with Gasteiger partial charge in [0.1, 0.15) is 0 Å². The molecule has 2 aliphatic rings.